The van der Waals surface area contributed by atoms with Crippen LogP contribution in [-0.4, -0.2) is 87.5 Å². The molecule has 1 fully saturated rings. The van der Waals surface area contributed by atoms with Crippen LogP contribution in [0.25, 0.3) is 0 Å². The summed E-state index contributed by atoms with van der Waals surface area (Å²) in [5, 5.41) is 54.2. The van der Waals surface area contributed by atoms with Crippen molar-refractivity contribution in [2.45, 2.75) is 211 Å². The molecule has 0 bridgehead atoms. The Kier molecular flexibility index (Phi) is 39.3. The van der Waals surface area contributed by atoms with Crippen molar-refractivity contribution in [3.63, 3.8) is 0 Å². The predicted molar refractivity (Wildman–Crippen MR) is 262 cm³/mol. The monoisotopic (exact) mass is 880 g/mol. The van der Waals surface area contributed by atoms with Crippen molar-refractivity contribution >= 4 is 5.91 Å². The van der Waals surface area contributed by atoms with Gasteiger partial charge >= 0.3 is 0 Å². The van der Waals surface area contributed by atoms with Gasteiger partial charge in [-0.25, -0.2) is 0 Å². The number of unbranched alkanes of at least 4 members (excludes halogenated alkanes) is 13. The van der Waals surface area contributed by atoms with Crippen LogP contribution in [0.4, 0.5) is 0 Å². The van der Waals surface area contributed by atoms with Crippen LogP contribution in [0.1, 0.15) is 168 Å². The first-order valence-corrected chi connectivity index (χ1v) is 24.6. The van der Waals surface area contributed by atoms with Gasteiger partial charge < -0.3 is 40.3 Å². The second-order valence-corrected chi connectivity index (χ2v) is 16.5. The smallest absolute Gasteiger partial charge is 0.220 e. The maximum absolute atomic E-state index is 13.0. The number of rotatable bonds is 39. The van der Waals surface area contributed by atoms with E-state index in [1.807, 2.05) is 6.08 Å². The van der Waals surface area contributed by atoms with Gasteiger partial charge in [0.25, 0.3) is 0 Å². The second kappa shape index (κ2) is 42.8. The average Bonchev–Trinajstić information content (AvgIpc) is 3.28. The van der Waals surface area contributed by atoms with E-state index in [1.165, 1.54) is 32.1 Å². The zero-order valence-corrected chi connectivity index (χ0v) is 39.3. The van der Waals surface area contributed by atoms with E-state index in [2.05, 4.69) is 116 Å². The Morgan fingerprint density at radius 1 is 0.556 bits per heavy atom. The number of amides is 1. The zero-order valence-electron chi connectivity index (χ0n) is 39.3. The standard InChI is InChI=1S/C54H89NO8/c1-3-5-7-9-11-13-15-17-19-20-21-22-23-24-25-26-27-28-30-32-34-36-38-40-42-44-50(58)55-47(46-62-54-53(61)52(60)51(59)49(45-56)63-54)48(57)43-41-39-37-35-33-31-29-18-16-14-12-10-8-6-4-2/h5,7,11,13,16-19,21-22,24-25,27-28,33,35,41,43,47-49,51-54,56-57,59-61H,3-4,6,8-10,12,14-15,20,23,26,29-32,34,36-40,42,44-46H2,1-2H3,(H,55,58)/b7-5-,13-11-,18-16+,19-17-,22-21-,25-24-,28-27-,35-33+,43-41+. The first kappa shape index (κ1) is 57.9. The van der Waals surface area contributed by atoms with Crippen LogP contribution < -0.4 is 5.32 Å². The maximum atomic E-state index is 13.0. The molecule has 1 aliphatic rings. The normalized spacial score (nSPS) is 21.2. The molecule has 1 aliphatic heterocycles. The van der Waals surface area contributed by atoms with E-state index in [0.717, 1.165) is 116 Å². The summed E-state index contributed by atoms with van der Waals surface area (Å²) in [6.45, 7) is 3.59. The fraction of sp³-hybridized carbons (Fsp3) is 0.648. The number of allylic oxidation sites excluding steroid dienone is 17. The first-order chi connectivity index (χ1) is 30.8. The lowest BCUT2D eigenvalue weighted by Crippen LogP contribution is -2.60. The third-order valence-corrected chi connectivity index (χ3v) is 10.8. The van der Waals surface area contributed by atoms with Crippen molar-refractivity contribution in [1.29, 1.82) is 0 Å². The van der Waals surface area contributed by atoms with Crippen molar-refractivity contribution in [3.05, 3.63) is 109 Å². The SMILES string of the molecule is CC/C=C\C/C=C\C/C=C\C/C=C\C/C=C\C/C=C\CCCCCCCCC(=O)NC(COC1OC(CO)C(O)C(O)C1O)C(O)/C=C/CC/C=C/CC/C=C/CCCCCCC. The molecule has 7 unspecified atom stereocenters. The molecule has 0 aromatic heterocycles. The summed E-state index contributed by atoms with van der Waals surface area (Å²) in [6.07, 6.45) is 55.6. The van der Waals surface area contributed by atoms with Crippen LogP contribution in [0.3, 0.4) is 0 Å². The van der Waals surface area contributed by atoms with Crippen molar-refractivity contribution in [2.24, 2.45) is 0 Å². The van der Waals surface area contributed by atoms with Crippen LogP contribution in [-0.2, 0) is 14.3 Å². The Labute approximate surface area is 383 Å². The van der Waals surface area contributed by atoms with E-state index < -0.39 is 49.5 Å². The molecule has 0 radical (unpaired) electrons. The Balaban J connectivity index is 2.35. The molecule has 358 valence electrons. The largest absolute Gasteiger partial charge is 0.394 e. The number of hydrogen-bond donors (Lipinski definition) is 6. The Morgan fingerprint density at radius 2 is 1.00 bits per heavy atom. The molecule has 0 aromatic rings. The van der Waals surface area contributed by atoms with Crippen molar-refractivity contribution < 1.29 is 39.8 Å². The summed E-state index contributed by atoms with van der Waals surface area (Å²) in [5.74, 6) is -0.212. The quantitative estimate of drug-likeness (QED) is 0.0264. The predicted octanol–water partition coefficient (Wildman–Crippen LogP) is 11.1. The maximum Gasteiger partial charge on any atom is 0.220 e. The molecule has 9 heteroatoms. The highest BCUT2D eigenvalue weighted by Gasteiger charge is 2.44. The number of ether oxygens (including phenoxy) is 2. The van der Waals surface area contributed by atoms with Crippen LogP contribution in [0.5, 0.6) is 0 Å². The fourth-order valence-electron chi connectivity index (χ4n) is 6.89. The van der Waals surface area contributed by atoms with E-state index in [-0.39, 0.29) is 12.5 Å². The third-order valence-electron chi connectivity index (χ3n) is 10.8. The number of carbonyl (C=O) groups is 1. The van der Waals surface area contributed by atoms with Gasteiger partial charge in [-0.1, -0.05) is 175 Å². The number of nitrogens with one attached hydrogen (secondary N) is 1. The lowest BCUT2D eigenvalue weighted by molar-refractivity contribution is -0.302. The fourth-order valence-corrected chi connectivity index (χ4v) is 6.89. The van der Waals surface area contributed by atoms with E-state index in [1.54, 1.807) is 6.08 Å². The van der Waals surface area contributed by atoms with Crippen LogP contribution in [0.2, 0.25) is 0 Å². The Bertz CT molecular complexity index is 1340. The summed E-state index contributed by atoms with van der Waals surface area (Å²) in [6, 6.07) is -0.843. The van der Waals surface area contributed by atoms with Gasteiger partial charge in [0, 0.05) is 6.42 Å². The van der Waals surface area contributed by atoms with Gasteiger partial charge in [0.05, 0.1) is 25.4 Å². The van der Waals surface area contributed by atoms with Crippen molar-refractivity contribution in [3.8, 4) is 0 Å². The minimum Gasteiger partial charge on any atom is -0.394 e. The van der Waals surface area contributed by atoms with Crippen LogP contribution in [0.15, 0.2) is 109 Å². The third kappa shape index (κ3) is 33.1. The Hall–Kier alpha value is -3.15. The highest BCUT2D eigenvalue weighted by molar-refractivity contribution is 5.76. The van der Waals surface area contributed by atoms with Crippen LogP contribution in [0, 0.1) is 0 Å². The summed E-state index contributed by atoms with van der Waals surface area (Å²) in [7, 11) is 0. The van der Waals surface area contributed by atoms with Gasteiger partial charge in [0.1, 0.15) is 24.4 Å². The molecule has 7 atom stereocenters. The zero-order chi connectivity index (χ0) is 45.9. The van der Waals surface area contributed by atoms with E-state index in [0.29, 0.717) is 6.42 Å². The minimum atomic E-state index is -1.58. The molecule has 1 heterocycles. The van der Waals surface area contributed by atoms with Gasteiger partial charge in [-0.3, -0.25) is 4.79 Å². The average molecular weight is 880 g/mol. The van der Waals surface area contributed by atoms with Gasteiger partial charge in [0.15, 0.2) is 6.29 Å². The van der Waals surface area contributed by atoms with Crippen LogP contribution >= 0.6 is 0 Å². The highest BCUT2D eigenvalue weighted by Crippen LogP contribution is 2.22. The van der Waals surface area contributed by atoms with E-state index in [9.17, 15) is 30.3 Å². The van der Waals surface area contributed by atoms with Gasteiger partial charge in [-0.05, 0) is 96.3 Å². The van der Waals surface area contributed by atoms with Gasteiger partial charge in [-0.15, -0.1) is 0 Å². The topological polar surface area (TPSA) is 149 Å². The molecule has 1 rings (SSSR count). The lowest BCUT2D eigenvalue weighted by Gasteiger charge is -2.40. The molecule has 0 aliphatic carbocycles. The molecule has 1 saturated heterocycles. The van der Waals surface area contributed by atoms with Gasteiger partial charge in [0.2, 0.25) is 5.91 Å². The number of aliphatic hydroxyl groups excluding tert-OH is 5. The molecule has 63 heavy (non-hydrogen) atoms. The summed E-state index contributed by atoms with van der Waals surface area (Å²) < 4.78 is 11.2. The summed E-state index contributed by atoms with van der Waals surface area (Å²) >= 11 is 0. The second-order valence-electron chi connectivity index (χ2n) is 16.5. The van der Waals surface area contributed by atoms with E-state index >= 15 is 0 Å². The van der Waals surface area contributed by atoms with E-state index in [4.69, 9.17) is 9.47 Å². The van der Waals surface area contributed by atoms with Crippen molar-refractivity contribution in [1.82, 2.24) is 5.32 Å². The molecule has 0 spiro atoms. The lowest BCUT2D eigenvalue weighted by atomic mass is 9.99. The summed E-state index contributed by atoms with van der Waals surface area (Å²) in [5.41, 5.74) is 0. The van der Waals surface area contributed by atoms with Crippen molar-refractivity contribution in [2.75, 3.05) is 13.2 Å². The molecule has 0 saturated carbocycles. The Morgan fingerprint density at radius 3 is 1.52 bits per heavy atom. The number of aliphatic hydroxyl groups is 5. The number of carbonyl (C=O) groups excluding carboxylic acids is 1. The molecule has 9 nitrogen and oxygen atoms in total. The number of hydrogen-bond acceptors (Lipinski definition) is 8. The molecule has 6 N–H and O–H groups in total. The summed E-state index contributed by atoms with van der Waals surface area (Å²) in [4.78, 5) is 13.0. The first-order valence-electron chi connectivity index (χ1n) is 24.6. The molecule has 1 amide bonds. The molecular weight excluding hydrogens is 791 g/mol. The minimum absolute atomic E-state index is 0.212. The molecular formula is C54H89NO8. The molecule has 0 aromatic carbocycles. The van der Waals surface area contributed by atoms with Gasteiger partial charge in [-0.2, -0.15) is 0 Å². The highest BCUT2D eigenvalue weighted by atomic mass is 16.7.